The van der Waals surface area contributed by atoms with E-state index < -0.39 is 136 Å². The quantitative estimate of drug-likeness (QED) is 0.0223. The Labute approximate surface area is 746 Å². The number of carboxylic acid groups (broad SMARTS) is 1. The standard InChI is InChI=1S/2C30H37N3O9.C22H26N2O8.C8H13NO2.ClH/c2*1-8-17-15-30(17,27(36)40-9-2)32-25(34)23-13-19(16-33(23)28(37)42-29(3,4)5)41-24-14-22(26(35)39-7)31-21-12-18(38-6)10-11-20(21)24;1-22(2,3)32-21(28)24-11-13(9-17(24)19(25)26)31-18-10-16(20(27)30-5)23-15-8-12(29-4)6-7-14(15)18;1-3-6-5-8(6,9)7(10)11-4-2;/h2*8,10-12,14,17,19,23H,1,9,13,15-16H2,2-7H3,(H,32,34);6-8,10,13,17H,9,11H2,1-5H3,(H,25,26);3,6H,1,4-5,9H2,2H3;1H/t17-,19+,23-,30-;17-,19-,23+,30-;13-,17+;;/m011../s1. The van der Waals surface area contributed by atoms with Crippen LogP contribution in [0.2, 0.25) is 0 Å². The van der Waals surface area contributed by atoms with Crippen LogP contribution in [0.1, 0.15) is 153 Å². The number of aromatic nitrogens is 3. The first-order valence-electron chi connectivity index (χ1n) is 41.1. The second kappa shape index (κ2) is 41.8. The number of hydrogen-bond acceptors (Lipinski definition) is 31. The molecule has 38 heteroatoms. The van der Waals surface area contributed by atoms with Gasteiger partial charge in [-0.25, -0.2) is 58.1 Å². The Morgan fingerprint density at radius 1 is 0.445 bits per heavy atom. The van der Waals surface area contributed by atoms with E-state index in [0.717, 1.165) is 4.90 Å². The normalized spacial score (nSPS) is 22.7. The SMILES string of the molecule is C=CC1CC1(N)C(=O)OCC.C=C[C@@H]1C[C@]1(NC(=O)[C@@H]1C[C@@H](Oc2cc(C(=O)OC)nc3cc(OC)ccc23)CN1C(=O)OC(C)(C)C)C(=O)OCC.C=C[C@H]1C[C@@]1(NC(=O)[C@@H]1C[C@@H](Oc2cc(C(=O)OC)nc3cc(OC)ccc23)CN1C(=O)OC(C)(C)C)C(=O)OCC.COC(=O)c1cc(O[C@@H]2C[C@@H](C(=O)O)N(C(=O)OC(C)(C)C)C2)c2ccc(OC)cc2n1.Cl. The zero-order valence-electron chi connectivity index (χ0n) is 75.1. The molecule has 3 saturated carbocycles. The van der Waals surface area contributed by atoms with E-state index in [1.165, 1.54) is 70.7 Å². The molecule has 0 radical (unpaired) electrons. The molecule has 37 nitrogen and oxygen atoms in total. The van der Waals surface area contributed by atoms with E-state index in [0.29, 0.717) is 93.1 Å². The highest BCUT2D eigenvalue weighted by atomic mass is 35.5. The Morgan fingerprint density at radius 2 is 0.734 bits per heavy atom. The van der Waals surface area contributed by atoms with Crippen molar-refractivity contribution in [3.8, 4) is 34.5 Å². The summed E-state index contributed by atoms with van der Waals surface area (Å²) >= 11 is 0. The van der Waals surface area contributed by atoms with Crippen molar-refractivity contribution < 1.29 is 134 Å². The molecule has 0 spiro atoms. The van der Waals surface area contributed by atoms with Crippen molar-refractivity contribution in [2.45, 2.75) is 191 Å². The van der Waals surface area contributed by atoms with Gasteiger partial charge in [-0.1, -0.05) is 18.2 Å². The van der Waals surface area contributed by atoms with Crippen molar-refractivity contribution in [3.63, 3.8) is 0 Å². The van der Waals surface area contributed by atoms with E-state index in [2.05, 4.69) is 45.3 Å². The number of nitrogens with two attached hydrogens (primary N) is 1. The number of esters is 6. The van der Waals surface area contributed by atoms with E-state index in [-0.39, 0.29) is 105 Å². The number of halogens is 1. The molecular weight excluding hydrogens is 1690 g/mol. The molecule has 694 valence electrons. The zero-order valence-corrected chi connectivity index (χ0v) is 75.9. The van der Waals surface area contributed by atoms with Gasteiger partial charge < -0.3 is 92.5 Å². The fourth-order valence-electron chi connectivity index (χ4n) is 14.5. The Kier molecular flexibility index (Phi) is 32.8. The third-order valence-electron chi connectivity index (χ3n) is 21.1. The predicted octanol–water partition coefficient (Wildman–Crippen LogP) is 10.6. The van der Waals surface area contributed by atoms with Crippen molar-refractivity contribution in [3.05, 3.63) is 128 Å². The van der Waals surface area contributed by atoms with Gasteiger partial charge >= 0.3 is 60.1 Å². The van der Waals surface area contributed by atoms with Crippen LogP contribution in [0.15, 0.2) is 111 Å². The van der Waals surface area contributed by atoms with Gasteiger partial charge in [0.1, 0.15) is 104 Å². The largest absolute Gasteiger partial charge is 0.497 e. The third-order valence-corrected chi connectivity index (χ3v) is 21.1. The van der Waals surface area contributed by atoms with Crippen molar-refractivity contribution in [2.24, 2.45) is 23.5 Å². The second-order valence-corrected chi connectivity index (χ2v) is 33.6. The Bertz CT molecular complexity index is 4990. The summed E-state index contributed by atoms with van der Waals surface area (Å²) in [5.74, 6) is -3.51. The molecule has 0 bridgehead atoms. The Hall–Kier alpha value is -12.8. The molecule has 6 heterocycles. The van der Waals surface area contributed by atoms with Gasteiger partial charge in [-0.2, -0.15) is 0 Å². The molecule has 3 aliphatic heterocycles. The van der Waals surface area contributed by atoms with Crippen LogP contribution in [0.25, 0.3) is 32.7 Å². The number of methoxy groups -OCH3 is 6. The number of rotatable bonds is 26. The average Bonchev–Trinajstić information content (AvgIpc) is 1.58. The van der Waals surface area contributed by atoms with Crippen LogP contribution in [0.5, 0.6) is 34.5 Å². The van der Waals surface area contributed by atoms with Crippen LogP contribution < -0.4 is 44.8 Å². The zero-order chi connectivity index (χ0) is 93.8. The van der Waals surface area contributed by atoms with Crippen molar-refractivity contribution in [1.29, 1.82) is 0 Å². The van der Waals surface area contributed by atoms with Crippen molar-refractivity contribution in [1.82, 2.24) is 40.3 Å². The number of likely N-dealkylation sites (tertiary alicyclic amines) is 3. The number of amides is 5. The van der Waals surface area contributed by atoms with E-state index in [4.69, 9.17) is 76.8 Å². The number of ether oxygens (including phenoxy) is 15. The smallest absolute Gasteiger partial charge is 0.411 e. The molecule has 5 amide bonds. The predicted molar refractivity (Wildman–Crippen MR) is 465 cm³/mol. The first-order valence-corrected chi connectivity index (χ1v) is 41.1. The lowest BCUT2D eigenvalue weighted by Crippen LogP contribution is -2.53. The molecule has 6 aliphatic rings. The minimum atomic E-state index is -1.23. The summed E-state index contributed by atoms with van der Waals surface area (Å²) in [6.45, 7) is 32.4. The lowest BCUT2D eigenvalue weighted by Gasteiger charge is -2.28. The molecule has 128 heavy (non-hydrogen) atoms. The molecular formula is C90H114ClN9O28. The molecule has 3 aromatic carbocycles. The van der Waals surface area contributed by atoms with Crippen LogP contribution in [-0.2, 0) is 71.4 Å². The van der Waals surface area contributed by atoms with Gasteiger partial charge in [0.15, 0.2) is 17.1 Å². The number of nitrogens with zero attached hydrogens (tertiary/aromatic N) is 6. The molecule has 3 aromatic heterocycles. The van der Waals surface area contributed by atoms with Crippen LogP contribution in [0.3, 0.4) is 0 Å². The van der Waals surface area contributed by atoms with E-state index in [1.807, 2.05) is 0 Å². The molecule has 6 aromatic rings. The molecule has 6 fully saturated rings. The molecule has 3 aliphatic carbocycles. The number of aliphatic carboxylic acids is 1. The number of benzene rings is 3. The molecule has 5 N–H and O–H groups in total. The summed E-state index contributed by atoms with van der Waals surface area (Å²) < 4.78 is 80.8. The maximum atomic E-state index is 13.7. The van der Waals surface area contributed by atoms with Crippen LogP contribution in [0.4, 0.5) is 14.4 Å². The summed E-state index contributed by atoms with van der Waals surface area (Å²) in [5.41, 5.74) is 1.44. The Balaban J connectivity index is 0.000000224. The highest BCUT2D eigenvalue weighted by molar-refractivity contribution is 5.99. The first kappa shape index (κ1) is 101. The van der Waals surface area contributed by atoms with Crippen molar-refractivity contribution in [2.75, 3.05) is 82.1 Å². The first-order chi connectivity index (χ1) is 59.9. The average molecular weight is 1810 g/mol. The fourth-order valence-corrected chi connectivity index (χ4v) is 14.5. The second-order valence-electron chi connectivity index (χ2n) is 33.6. The summed E-state index contributed by atoms with van der Waals surface area (Å²) in [4.78, 5) is 168. The van der Waals surface area contributed by atoms with E-state index in [9.17, 15) is 62.6 Å². The molecule has 12 rings (SSSR count). The number of carboxylic acids is 1. The number of carbonyl (C=O) groups is 12. The number of pyridine rings is 3. The monoisotopic (exact) mass is 1800 g/mol. The highest BCUT2D eigenvalue weighted by Crippen LogP contribution is 2.48. The van der Waals surface area contributed by atoms with Gasteiger partial charge in [0.2, 0.25) is 11.8 Å². The topological polar surface area (TPSA) is 462 Å². The minimum Gasteiger partial charge on any atom is -0.497 e. The van der Waals surface area contributed by atoms with Gasteiger partial charge in [0, 0.05) is 89.6 Å². The maximum absolute atomic E-state index is 13.7. The van der Waals surface area contributed by atoms with Gasteiger partial charge in [-0.05, 0) is 139 Å². The fraction of sp³-hybridized carbons (Fsp3) is 0.500. The van der Waals surface area contributed by atoms with Gasteiger partial charge in [0.25, 0.3) is 0 Å². The van der Waals surface area contributed by atoms with Gasteiger partial charge in [0.05, 0.1) is 98.7 Å². The maximum Gasteiger partial charge on any atom is 0.411 e. The summed E-state index contributed by atoms with van der Waals surface area (Å²) in [6.07, 6.45) is 2.44. The van der Waals surface area contributed by atoms with E-state index in [1.54, 1.807) is 156 Å². The summed E-state index contributed by atoms with van der Waals surface area (Å²) in [5, 5.41) is 17.0. The summed E-state index contributed by atoms with van der Waals surface area (Å²) in [6, 6.07) is 16.6. The van der Waals surface area contributed by atoms with Crippen LogP contribution in [0, 0.1) is 17.8 Å². The lowest BCUT2D eigenvalue weighted by atomic mass is 10.1. The number of hydrogen-bond donors (Lipinski definition) is 4. The highest BCUT2D eigenvalue weighted by Gasteiger charge is 2.64. The van der Waals surface area contributed by atoms with E-state index >= 15 is 0 Å². The molecule has 2 unspecified atom stereocenters. The minimum absolute atomic E-state index is 0. The lowest BCUT2D eigenvalue weighted by molar-refractivity contribution is -0.150. The number of nitrogens with one attached hydrogen (secondary N) is 2. The summed E-state index contributed by atoms with van der Waals surface area (Å²) in [7, 11) is 8.29. The number of carbonyl (C=O) groups excluding carboxylic acids is 11. The molecule has 12 atom stereocenters. The molecule has 3 saturated heterocycles. The third kappa shape index (κ3) is 24.1. The van der Waals surface area contributed by atoms with Crippen LogP contribution in [-0.4, -0.2) is 259 Å². The van der Waals surface area contributed by atoms with Gasteiger partial charge in [-0.15, -0.1) is 32.1 Å². The van der Waals surface area contributed by atoms with Gasteiger partial charge in [-0.3, -0.25) is 29.1 Å². The van der Waals surface area contributed by atoms with Crippen molar-refractivity contribution >= 4 is 117 Å². The van der Waals surface area contributed by atoms with Crippen LogP contribution >= 0.6 is 12.4 Å². The Morgan fingerprint density at radius 3 is 0.984 bits per heavy atom. The number of fused-ring (bicyclic) bond motifs is 3.